The van der Waals surface area contributed by atoms with Crippen LogP contribution in [0.5, 0.6) is 0 Å². The number of nitrogens with zero attached hydrogens (tertiary/aromatic N) is 1. The number of benzene rings is 1. The van der Waals surface area contributed by atoms with E-state index < -0.39 is 6.10 Å². The van der Waals surface area contributed by atoms with Gasteiger partial charge in [0.25, 0.3) is 0 Å². The molecule has 2 aliphatic heterocycles. The fraction of sp³-hybridized carbons (Fsp3) is 0.588. The van der Waals surface area contributed by atoms with Crippen LogP contribution >= 0.6 is 11.6 Å². The first-order chi connectivity index (χ1) is 10.6. The number of piperidine rings is 1. The van der Waals surface area contributed by atoms with Crippen LogP contribution in [0.3, 0.4) is 0 Å². The highest BCUT2D eigenvalue weighted by Crippen LogP contribution is 2.31. The molecular weight excluding hydrogens is 300 g/mol. The number of hydrogen-bond acceptors (Lipinski definition) is 3. The third-order valence-corrected chi connectivity index (χ3v) is 5.12. The summed E-state index contributed by atoms with van der Waals surface area (Å²) < 4.78 is 0. The predicted octanol–water partition coefficient (Wildman–Crippen LogP) is 2.36. The van der Waals surface area contributed by atoms with E-state index in [2.05, 4.69) is 5.32 Å². The van der Waals surface area contributed by atoms with Crippen molar-refractivity contribution in [3.05, 3.63) is 34.9 Å². The van der Waals surface area contributed by atoms with Gasteiger partial charge in [0.15, 0.2) is 0 Å². The second kappa shape index (κ2) is 6.99. The maximum absolute atomic E-state index is 12.4. The lowest BCUT2D eigenvalue weighted by Gasteiger charge is -2.35. The van der Waals surface area contributed by atoms with E-state index in [1.807, 2.05) is 29.2 Å². The topological polar surface area (TPSA) is 52.6 Å². The highest BCUT2D eigenvalue weighted by Gasteiger charge is 2.32. The Balaban J connectivity index is 1.54. The molecule has 120 valence electrons. The third kappa shape index (κ3) is 3.45. The van der Waals surface area contributed by atoms with Crippen LogP contribution in [0.25, 0.3) is 0 Å². The van der Waals surface area contributed by atoms with Gasteiger partial charge in [0, 0.05) is 18.1 Å². The van der Waals surface area contributed by atoms with Crippen molar-refractivity contribution in [2.24, 2.45) is 5.92 Å². The minimum Gasteiger partial charge on any atom is -0.388 e. The van der Waals surface area contributed by atoms with E-state index >= 15 is 0 Å². The van der Waals surface area contributed by atoms with Gasteiger partial charge in [-0.15, -0.1) is 0 Å². The number of likely N-dealkylation sites (tertiary alicyclic amines) is 1. The number of carbonyl (C=O) groups is 1. The number of nitrogens with one attached hydrogen (secondary N) is 1. The Morgan fingerprint density at radius 3 is 2.50 bits per heavy atom. The van der Waals surface area contributed by atoms with Crippen molar-refractivity contribution in [1.82, 2.24) is 10.2 Å². The van der Waals surface area contributed by atoms with Crippen molar-refractivity contribution in [2.45, 2.75) is 37.8 Å². The molecule has 2 atom stereocenters. The standard InChI is InChI=1S/C17H23ClN2O2/c18-14-5-3-12(4-6-14)16(21)13-7-10-20(11-8-13)17(22)15-2-1-9-19-15/h3-6,13,15-16,19,21H,1-2,7-11H2. The Morgan fingerprint density at radius 1 is 1.23 bits per heavy atom. The molecule has 3 rings (SSSR count). The molecule has 2 fully saturated rings. The van der Waals surface area contributed by atoms with Gasteiger partial charge in [-0.3, -0.25) is 4.79 Å². The molecule has 22 heavy (non-hydrogen) atoms. The number of aliphatic hydroxyl groups is 1. The van der Waals surface area contributed by atoms with Gasteiger partial charge in [0.2, 0.25) is 5.91 Å². The van der Waals surface area contributed by atoms with Crippen LogP contribution in [-0.4, -0.2) is 41.6 Å². The van der Waals surface area contributed by atoms with Gasteiger partial charge in [-0.05, 0) is 55.8 Å². The van der Waals surface area contributed by atoms with Crippen molar-refractivity contribution in [2.75, 3.05) is 19.6 Å². The molecule has 4 nitrogen and oxygen atoms in total. The molecule has 0 saturated carbocycles. The maximum atomic E-state index is 12.4. The number of halogens is 1. The van der Waals surface area contributed by atoms with Gasteiger partial charge < -0.3 is 15.3 Å². The number of carbonyl (C=O) groups excluding carboxylic acids is 1. The Labute approximate surface area is 136 Å². The molecule has 2 heterocycles. The Kier molecular flexibility index (Phi) is 5.01. The SMILES string of the molecule is O=C(C1CCCN1)N1CCC(C(O)c2ccc(Cl)cc2)CC1. The molecule has 0 bridgehead atoms. The Morgan fingerprint density at radius 2 is 1.91 bits per heavy atom. The minimum atomic E-state index is -0.473. The van der Waals surface area contributed by atoms with Gasteiger partial charge >= 0.3 is 0 Å². The number of aliphatic hydroxyl groups excluding tert-OH is 1. The van der Waals surface area contributed by atoms with Crippen molar-refractivity contribution in [3.63, 3.8) is 0 Å². The number of amides is 1. The summed E-state index contributed by atoms with van der Waals surface area (Å²) in [5, 5.41) is 14.5. The van der Waals surface area contributed by atoms with Crippen LogP contribution in [0.4, 0.5) is 0 Å². The molecule has 5 heteroatoms. The van der Waals surface area contributed by atoms with Crippen molar-refractivity contribution >= 4 is 17.5 Å². The molecule has 0 aliphatic carbocycles. The second-order valence-corrected chi connectivity index (χ2v) is 6.74. The second-order valence-electron chi connectivity index (χ2n) is 6.31. The fourth-order valence-corrected chi connectivity index (χ4v) is 3.61. The normalized spacial score (nSPS) is 24.5. The summed E-state index contributed by atoms with van der Waals surface area (Å²) in [7, 11) is 0. The molecule has 2 N–H and O–H groups in total. The van der Waals surface area contributed by atoms with E-state index in [4.69, 9.17) is 11.6 Å². The van der Waals surface area contributed by atoms with E-state index in [0.717, 1.165) is 50.9 Å². The van der Waals surface area contributed by atoms with Gasteiger partial charge in [0.05, 0.1) is 12.1 Å². The van der Waals surface area contributed by atoms with Crippen LogP contribution in [0.15, 0.2) is 24.3 Å². The molecule has 2 unspecified atom stereocenters. The van der Waals surface area contributed by atoms with E-state index in [1.165, 1.54) is 0 Å². The van der Waals surface area contributed by atoms with Crippen LogP contribution < -0.4 is 5.32 Å². The average Bonchev–Trinajstić information content (AvgIpc) is 3.09. The van der Waals surface area contributed by atoms with E-state index in [-0.39, 0.29) is 17.9 Å². The van der Waals surface area contributed by atoms with E-state index in [0.29, 0.717) is 5.02 Å². The summed E-state index contributed by atoms with van der Waals surface area (Å²) in [6, 6.07) is 7.40. The highest BCUT2D eigenvalue weighted by atomic mass is 35.5. The molecule has 2 aliphatic rings. The minimum absolute atomic E-state index is 0.0118. The summed E-state index contributed by atoms with van der Waals surface area (Å²) in [6.45, 7) is 2.43. The summed E-state index contributed by atoms with van der Waals surface area (Å²) in [5.41, 5.74) is 0.909. The van der Waals surface area contributed by atoms with E-state index in [1.54, 1.807) is 0 Å². The van der Waals surface area contributed by atoms with Crippen LogP contribution in [-0.2, 0) is 4.79 Å². The lowest BCUT2D eigenvalue weighted by atomic mass is 9.87. The lowest BCUT2D eigenvalue weighted by molar-refractivity contribution is -0.135. The number of hydrogen-bond donors (Lipinski definition) is 2. The molecule has 0 spiro atoms. The van der Waals surface area contributed by atoms with Crippen molar-refractivity contribution in [1.29, 1.82) is 0 Å². The highest BCUT2D eigenvalue weighted by molar-refractivity contribution is 6.30. The molecule has 1 aromatic rings. The van der Waals surface area contributed by atoms with Gasteiger partial charge in [-0.25, -0.2) is 0 Å². The Hall–Kier alpha value is -1.10. The largest absolute Gasteiger partial charge is 0.388 e. The first kappa shape index (κ1) is 15.8. The zero-order valence-electron chi connectivity index (χ0n) is 12.7. The monoisotopic (exact) mass is 322 g/mol. The molecule has 0 aromatic heterocycles. The first-order valence-corrected chi connectivity index (χ1v) is 8.48. The summed E-state index contributed by atoms with van der Waals surface area (Å²) in [6.07, 6.45) is 3.26. The quantitative estimate of drug-likeness (QED) is 0.898. The van der Waals surface area contributed by atoms with Crippen molar-refractivity contribution < 1.29 is 9.90 Å². The average molecular weight is 323 g/mol. The van der Waals surface area contributed by atoms with Crippen LogP contribution in [0.1, 0.15) is 37.4 Å². The smallest absolute Gasteiger partial charge is 0.239 e. The molecule has 2 saturated heterocycles. The summed E-state index contributed by atoms with van der Waals surface area (Å²) in [4.78, 5) is 14.3. The van der Waals surface area contributed by atoms with Crippen LogP contribution in [0.2, 0.25) is 5.02 Å². The Bertz CT molecular complexity index is 506. The van der Waals surface area contributed by atoms with Crippen LogP contribution in [0, 0.1) is 5.92 Å². The molecule has 1 aromatic carbocycles. The summed E-state index contributed by atoms with van der Waals surface area (Å²) in [5.74, 6) is 0.443. The van der Waals surface area contributed by atoms with E-state index in [9.17, 15) is 9.90 Å². The van der Waals surface area contributed by atoms with Crippen molar-refractivity contribution in [3.8, 4) is 0 Å². The number of rotatable bonds is 3. The van der Waals surface area contributed by atoms with Gasteiger partial charge in [0.1, 0.15) is 0 Å². The summed E-state index contributed by atoms with van der Waals surface area (Å²) >= 11 is 5.89. The first-order valence-electron chi connectivity index (χ1n) is 8.11. The fourth-order valence-electron chi connectivity index (χ4n) is 3.48. The predicted molar refractivity (Wildman–Crippen MR) is 86.7 cm³/mol. The maximum Gasteiger partial charge on any atom is 0.239 e. The zero-order chi connectivity index (χ0) is 15.5. The molecule has 0 radical (unpaired) electrons. The van der Waals surface area contributed by atoms with Gasteiger partial charge in [-0.1, -0.05) is 23.7 Å². The molecule has 1 amide bonds. The molecular formula is C17H23ClN2O2. The zero-order valence-corrected chi connectivity index (χ0v) is 13.4. The van der Waals surface area contributed by atoms with Gasteiger partial charge in [-0.2, -0.15) is 0 Å². The third-order valence-electron chi connectivity index (χ3n) is 4.87. The lowest BCUT2D eigenvalue weighted by Crippen LogP contribution is -2.47.